The zero-order valence-electron chi connectivity index (χ0n) is 12.1. The number of nitrogens with one attached hydrogen (secondary N) is 1. The highest BCUT2D eigenvalue weighted by Crippen LogP contribution is 2.33. The molecule has 0 atom stereocenters. The molecule has 0 unspecified atom stereocenters. The molecule has 0 radical (unpaired) electrons. The second kappa shape index (κ2) is 6.16. The first-order valence-electron chi connectivity index (χ1n) is 6.59. The van der Waals surface area contributed by atoms with Gasteiger partial charge in [-0.15, -0.1) is 5.10 Å². The molecule has 0 bridgehead atoms. The molecule has 2 heterocycles. The Labute approximate surface area is 150 Å². The van der Waals surface area contributed by atoms with Crippen LogP contribution in [0.2, 0.25) is 10.0 Å². The Bertz CT molecular complexity index is 961. The van der Waals surface area contributed by atoms with Gasteiger partial charge in [0.15, 0.2) is 5.69 Å². The highest BCUT2D eigenvalue weighted by Gasteiger charge is 2.38. The van der Waals surface area contributed by atoms with Crippen molar-refractivity contribution in [2.45, 2.75) is 12.4 Å². The highest BCUT2D eigenvalue weighted by atomic mass is 35.5. The van der Waals surface area contributed by atoms with Gasteiger partial charge in [-0.3, -0.25) is 0 Å². The second-order valence-electron chi connectivity index (χ2n) is 4.95. The summed E-state index contributed by atoms with van der Waals surface area (Å²) in [6, 6.07) is 4.49. The minimum atomic E-state index is -4.96. The molecule has 0 amide bonds. The molecular formula is C13H5Cl2F6N5. The fourth-order valence-corrected chi connectivity index (χ4v) is 2.52. The van der Waals surface area contributed by atoms with Crippen LogP contribution in [-0.2, 0) is 12.4 Å². The molecular weight excluding hydrogens is 411 g/mol. The van der Waals surface area contributed by atoms with Gasteiger partial charge in [0.05, 0.1) is 0 Å². The Hall–Kier alpha value is -2.27. The van der Waals surface area contributed by atoms with Crippen molar-refractivity contribution >= 4 is 40.5 Å². The molecule has 138 valence electrons. The van der Waals surface area contributed by atoms with E-state index < -0.39 is 35.5 Å². The molecule has 0 saturated carbocycles. The largest absolute Gasteiger partial charge is 0.453 e. The summed E-state index contributed by atoms with van der Waals surface area (Å²) in [6.45, 7) is 0. The van der Waals surface area contributed by atoms with Gasteiger partial charge in [0.25, 0.3) is 11.6 Å². The number of aromatic nitrogens is 4. The van der Waals surface area contributed by atoms with E-state index in [0.29, 0.717) is 10.6 Å². The number of hydrogen-bond donors (Lipinski definition) is 1. The molecule has 13 heteroatoms. The molecule has 3 rings (SSSR count). The van der Waals surface area contributed by atoms with Crippen LogP contribution in [-0.4, -0.2) is 19.6 Å². The zero-order valence-corrected chi connectivity index (χ0v) is 13.6. The van der Waals surface area contributed by atoms with Crippen LogP contribution in [0.3, 0.4) is 0 Å². The van der Waals surface area contributed by atoms with Crippen LogP contribution in [0.1, 0.15) is 11.5 Å². The number of anilines is 2. The number of rotatable bonds is 2. The number of halogens is 8. The molecule has 0 aliphatic rings. The van der Waals surface area contributed by atoms with Gasteiger partial charge in [-0.05, 0) is 18.2 Å². The minimum Gasteiger partial charge on any atom is -0.340 e. The lowest BCUT2D eigenvalue weighted by atomic mass is 10.3. The van der Waals surface area contributed by atoms with E-state index >= 15 is 0 Å². The summed E-state index contributed by atoms with van der Waals surface area (Å²) in [5.41, 5.74) is -1.31. The highest BCUT2D eigenvalue weighted by molar-refractivity contribution is 6.35. The summed E-state index contributed by atoms with van der Waals surface area (Å²) in [6.07, 6.45) is -9.86. The van der Waals surface area contributed by atoms with E-state index in [4.69, 9.17) is 23.2 Å². The standard InChI is InChI=1S/C13H5Cl2F6N5/c14-5-1-6(15)3-7(2-5)22-9-4-8(12(16,17)18)23-11-24-10(13(19,20)21)25-26(9)11/h1-4,22H. The summed E-state index contributed by atoms with van der Waals surface area (Å²) in [5.74, 6) is -2.96. The maximum Gasteiger partial charge on any atom is 0.453 e. The fourth-order valence-electron chi connectivity index (χ4n) is 2.00. The van der Waals surface area contributed by atoms with Crippen LogP contribution in [0.25, 0.3) is 5.78 Å². The quantitative estimate of drug-likeness (QED) is 0.583. The molecule has 0 aliphatic heterocycles. The van der Waals surface area contributed by atoms with Crippen LogP contribution in [0.15, 0.2) is 24.3 Å². The fraction of sp³-hybridized carbons (Fsp3) is 0.154. The third-order valence-electron chi connectivity index (χ3n) is 2.99. The molecule has 26 heavy (non-hydrogen) atoms. The lowest BCUT2D eigenvalue weighted by Gasteiger charge is -2.12. The lowest BCUT2D eigenvalue weighted by molar-refractivity contribution is -0.144. The molecule has 1 N–H and O–H groups in total. The summed E-state index contributed by atoms with van der Waals surface area (Å²) in [4.78, 5) is 6.11. The smallest absolute Gasteiger partial charge is 0.340 e. The zero-order chi connectivity index (χ0) is 19.3. The van der Waals surface area contributed by atoms with Crippen molar-refractivity contribution in [2.75, 3.05) is 5.32 Å². The topological polar surface area (TPSA) is 55.1 Å². The molecule has 0 spiro atoms. The second-order valence-corrected chi connectivity index (χ2v) is 5.83. The Morgan fingerprint density at radius 2 is 1.46 bits per heavy atom. The average molecular weight is 416 g/mol. The van der Waals surface area contributed by atoms with Crippen LogP contribution < -0.4 is 5.32 Å². The van der Waals surface area contributed by atoms with E-state index in [0.717, 1.165) is 0 Å². The van der Waals surface area contributed by atoms with Crippen molar-refractivity contribution in [1.29, 1.82) is 0 Å². The Kier molecular flexibility index (Phi) is 4.39. The molecule has 2 aromatic heterocycles. The summed E-state index contributed by atoms with van der Waals surface area (Å²) in [5, 5.41) is 5.99. The number of fused-ring (bicyclic) bond motifs is 1. The van der Waals surface area contributed by atoms with Crippen molar-refractivity contribution in [3.8, 4) is 0 Å². The van der Waals surface area contributed by atoms with E-state index in [1.165, 1.54) is 18.2 Å². The first-order valence-corrected chi connectivity index (χ1v) is 7.34. The first-order chi connectivity index (χ1) is 11.9. The van der Waals surface area contributed by atoms with E-state index in [-0.39, 0.29) is 15.7 Å². The Balaban J connectivity index is 2.19. The Morgan fingerprint density at radius 1 is 0.846 bits per heavy atom. The van der Waals surface area contributed by atoms with Crippen LogP contribution in [0.4, 0.5) is 37.8 Å². The molecule has 3 aromatic rings. The monoisotopic (exact) mass is 415 g/mol. The molecule has 1 aromatic carbocycles. The van der Waals surface area contributed by atoms with E-state index in [2.05, 4.69) is 20.4 Å². The van der Waals surface area contributed by atoms with Crippen molar-refractivity contribution in [1.82, 2.24) is 19.6 Å². The van der Waals surface area contributed by atoms with Gasteiger partial charge in [-0.25, -0.2) is 4.98 Å². The maximum atomic E-state index is 13.0. The van der Waals surface area contributed by atoms with E-state index in [9.17, 15) is 26.3 Å². The molecule has 0 fully saturated rings. The van der Waals surface area contributed by atoms with Crippen molar-refractivity contribution in [3.05, 3.63) is 45.8 Å². The first kappa shape index (κ1) is 18.5. The van der Waals surface area contributed by atoms with Crippen molar-refractivity contribution in [2.24, 2.45) is 0 Å². The van der Waals surface area contributed by atoms with Crippen LogP contribution >= 0.6 is 23.2 Å². The number of hydrogen-bond acceptors (Lipinski definition) is 4. The summed E-state index contributed by atoms with van der Waals surface area (Å²) >= 11 is 11.6. The number of nitrogens with zero attached hydrogens (tertiary/aromatic N) is 4. The number of alkyl halides is 6. The lowest BCUT2D eigenvalue weighted by Crippen LogP contribution is -2.12. The third-order valence-corrected chi connectivity index (χ3v) is 3.43. The van der Waals surface area contributed by atoms with Crippen molar-refractivity contribution in [3.63, 3.8) is 0 Å². The summed E-state index contributed by atoms with van der Waals surface area (Å²) < 4.78 is 77.8. The summed E-state index contributed by atoms with van der Waals surface area (Å²) in [7, 11) is 0. The van der Waals surface area contributed by atoms with Crippen LogP contribution in [0.5, 0.6) is 0 Å². The van der Waals surface area contributed by atoms with Gasteiger partial charge in [-0.1, -0.05) is 23.2 Å². The Morgan fingerprint density at radius 3 is 2.00 bits per heavy atom. The SMILES string of the molecule is FC(F)(F)c1cc(Nc2cc(Cl)cc(Cl)c2)n2nc(C(F)(F)F)nc2n1. The van der Waals surface area contributed by atoms with Gasteiger partial charge in [0.2, 0.25) is 0 Å². The van der Waals surface area contributed by atoms with Gasteiger partial charge < -0.3 is 5.32 Å². The average Bonchev–Trinajstić information content (AvgIpc) is 2.89. The maximum absolute atomic E-state index is 13.0. The predicted octanol–water partition coefficient (Wildman–Crippen LogP) is 5.21. The normalized spacial score (nSPS) is 12.6. The molecule has 5 nitrogen and oxygen atoms in total. The predicted molar refractivity (Wildman–Crippen MR) is 80.5 cm³/mol. The van der Waals surface area contributed by atoms with Crippen molar-refractivity contribution < 1.29 is 26.3 Å². The van der Waals surface area contributed by atoms with Gasteiger partial charge in [-0.2, -0.15) is 35.8 Å². The van der Waals surface area contributed by atoms with E-state index in [1.807, 2.05) is 0 Å². The molecule has 0 aliphatic carbocycles. The molecule has 0 saturated heterocycles. The minimum absolute atomic E-state index is 0.132. The van der Waals surface area contributed by atoms with Gasteiger partial charge in [0, 0.05) is 21.8 Å². The van der Waals surface area contributed by atoms with E-state index in [1.54, 1.807) is 0 Å². The van der Waals surface area contributed by atoms with Crippen LogP contribution in [0, 0.1) is 0 Å². The van der Waals surface area contributed by atoms with Gasteiger partial charge in [0.1, 0.15) is 5.82 Å². The third kappa shape index (κ3) is 3.78. The van der Waals surface area contributed by atoms with Gasteiger partial charge >= 0.3 is 12.4 Å². The number of benzene rings is 1.